The third-order valence-corrected chi connectivity index (χ3v) is 4.32. The molecule has 1 aliphatic carbocycles. The number of hydrogen-bond acceptors (Lipinski definition) is 4. The first-order chi connectivity index (χ1) is 10.7. The van der Waals surface area contributed by atoms with Crippen LogP contribution in [0.25, 0.3) is 0 Å². The molecule has 4 nitrogen and oxygen atoms in total. The monoisotopic (exact) mass is 325 g/mol. The lowest BCUT2D eigenvalue weighted by molar-refractivity contribution is -0.161. The van der Waals surface area contributed by atoms with E-state index in [0.29, 0.717) is 17.5 Å². The van der Waals surface area contributed by atoms with Crippen LogP contribution >= 0.6 is 0 Å². The summed E-state index contributed by atoms with van der Waals surface area (Å²) in [5.41, 5.74) is -1.18. The van der Waals surface area contributed by atoms with Gasteiger partial charge in [0.05, 0.1) is 17.3 Å². The Balaban J connectivity index is 1.90. The van der Waals surface area contributed by atoms with Gasteiger partial charge in [0.25, 0.3) is 0 Å². The fourth-order valence-electron chi connectivity index (χ4n) is 2.55. The number of rotatable bonds is 4. The molecule has 0 spiro atoms. The number of hydrogen-bond donors (Lipinski definition) is 0. The van der Waals surface area contributed by atoms with E-state index in [1.807, 2.05) is 13.8 Å². The predicted molar refractivity (Wildman–Crippen MR) is 77.1 cm³/mol. The summed E-state index contributed by atoms with van der Waals surface area (Å²) in [4.78, 5) is 4.26. The Morgan fingerprint density at radius 1 is 1.09 bits per heavy atom. The van der Waals surface area contributed by atoms with Gasteiger partial charge >= 0.3 is 6.18 Å². The molecule has 124 valence electrons. The smallest absolute Gasteiger partial charge is 0.399 e. The van der Waals surface area contributed by atoms with Crippen molar-refractivity contribution in [2.24, 2.45) is 0 Å². The summed E-state index contributed by atoms with van der Waals surface area (Å²) in [5.74, 6) is 0.633. The summed E-state index contributed by atoms with van der Waals surface area (Å²) in [7, 11) is 0. The van der Waals surface area contributed by atoms with Crippen molar-refractivity contribution >= 4 is 0 Å². The lowest BCUT2D eigenvalue weighted by Gasteiger charge is -2.19. The van der Waals surface area contributed by atoms with E-state index >= 15 is 0 Å². The number of alkyl halides is 3. The van der Waals surface area contributed by atoms with E-state index in [2.05, 4.69) is 15.2 Å². The minimum absolute atomic E-state index is 0.0814. The van der Waals surface area contributed by atoms with Crippen molar-refractivity contribution in [3.8, 4) is 0 Å². The maximum Gasteiger partial charge on any atom is 0.399 e. The van der Waals surface area contributed by atoms with Crippen LogP contribution in [0, 0.1) is 0 Å². The first-order valence-electron chi connectivity index (χ1n) is 7.62. The highest BCUT2D eigenvalue weighted by molar-refractivity contribution is 5.30. The molecule has 0 aromatic carbocycles. The zero-order valence-corrected chi connectivity index (χ0v) is 13.2. The largest absolute Gasteiger partial charge is 0.424 e. The summed E-state index contributed by atoms with van der Waals surface area (Å²) < 4.78 is 45.3. The molecule has 0 saturated heterocycles. The fourth-order valence-corrected chi connectivity index (χ4v) is 2.55. The molecule has 2 aromatic rings. The van der Waals surface area contributed by atoms with Crippen LogP contribution in [-0.2, 0) is 5.41 Å². The Morgan fingerprint density at radius 3 is 2.26 bits per heavy atom. The fraction of sp³-hybridized carbons (Fsp3) is 0.562. The molecule has 0 amide bonds. The van der Waals surface area contributed by atoms with Crippen molar-refractivity contribution in [1.29, 1.82) is 0 Å². The van der Waals surface area contributed by atoms with Gasteiger partial charge in [0.1, 0.15) is 5.41 Å². The minimum atomic E-state index is -4.27. The molecule has 0 aliphatic heterocycles. The molecule has 2 heterocycles. The minimum Gasteiger partial charge on any atom is -0.424 e. The summed E-state index contributed by atoms with van der Waals surface area (Å²) in [6.07, 6.45) is -4.07. The quantitative estimate of drug-likeness (QED) is 0.839. The van der Waals surface area contributed by atoms with Gasteiger partial charge < -0.3 is 4.42 Å². The van der Waals surface area contributed by atoms with Crippen molar-refractivity contribution < 1.29 is 17.6 Å². The normalized spacial score (nSPS) is 18.2. The summed E-state index contributed by atoms with van der Waals surface area (Å²) in [6.45, 7) is 5.67. The average molecular weight is 325 g/mol. The lowest BCUT2D eigenvalue weighted by Crippen LogP contribution is -2.29. The van der Waals surface area contributed by atoms with E-state index in [1.165, 1.54) is 6.07 Å². The molecule has 3 rings (SSSR count). The highest BCUT2D eigenvalue weighted by Crippen LogP contribution is 2.58. The molecule has 1 unspecified atom stereocenters. The van der Waals surface area contributed by atoms with Crippen molar-refractivity contribution in [2.45, 2.75) is 57.0 Å². The topological polar surface area (TPSA) is 51.8 Å². The molecule has 1 aliphatic rings. The van der Waals surface area contributed by atoms with Gasteiger partial charge in [-0.05, 0) is 31.9 Å². The highest BCUT2D eigenvalue weighted by Gasteiger charge is 2.65. The average Bonchev–Trinajstić information content (AvgIpc) is 3.18. The predicted octanol–water partition coefficient (Wildman–Crippen LogP) is 4.33. The maximum absolute atomic E-state index is 13.2. The molecule has 2 aromatic heterocycles. The molecule has 7 heteroatoms. The molecule has 0 N–H and O–H groups in total. The van der Waals surface area contributed by atoms with E-state index in [0.717, 1.165) is 0 Å². The van der Waals surface area contributed by atoms with Crippen LogP contribution in [0.15, 0.2) is 22.6 Å². The van der Waals surface area contributed by atoms with Gasteiger partial charge in [0.15, 0.2) is 0 Å². The van der Waals surface area contributed by atoms with Crippen LogP contribution in [0.5, 0.6) is 0 Å². The third-order valence-electron chi connectivity index (χ3n) is 4.32. The van der Waals surface area contributed by atoms with Gasteiger partial charge in [-0.2, -0.15) is 13.2 Å². The number of pyridine rings is 1. The van der Waals surface area contributed by atoms with Gasteiger partial charge in [0.2, 0.25) is 11.8 Å². The van der Waals surface area contributed by atoms with Crippen LogP contribution in [0.1, 0.15) is 68.6 Å². The van der Waals surface area contributed by atoms with Crippen molar-refractivity contribution in [1.82, 2.24) is 15.2 Å². The third kappa shape index (κ3) is 2.72. The standard InChI is InChI=1S/C16H18F3N3O/c1-9(2)13-21-22-14(23-13)10(3)11-5-4-6-12(20-11)15(7-8-15)16(17,18)19/h4-6,9-10H,7-8H2,1-3H3. The molecular formula is C16H18F3N3O. The molecule has 23 heavy (non-hydrogen) atoms. The van der Waals surface area contributed by atoms with E-state index in [9.17, 15) is 13.2 Å². The van der Waals surface area contributed by atoms with Crippen molar-refractivity contribution in [3.05, 3.63) is 41.4 Å². The number of halogens is 3. The van der Waals surface area contributed by atoms with Gasteiger partial charge in [0, 0.05) is 5.92 Å². The molecular weight excluding hydrogens is 307 g/mol. The van der Waals surface area contributed by atoms with Crippen molar-refractivity contribution in [2.75, 3.05) is 0 Å². The van der Waals surface area contributed by atoms with Gasteiger partial charge in [-0.1, -0.05) is 19.9 Å². The summed E-state index contributed by atoms with van der Waals surface area (Å²) >= 11 is 0. The SMILES string of the molecule is CC(C)c1nnc(C(C)c2cccc(C3(C(F)(F)F)CC3)n2)o1. The lowest BCUT2D eigenvalue weighted by atomic mass is 9.99. The van der Waals surface area contributed by atoms with E-state index in [4.69, 9.17) is 4.42 Å². The Hall–Kier alpha value is -1.92. The van der Waals surface area contributed by atoms with Crippen LogP contribution in [0.4, 0.5) is 13.2 Å². The number of aromatic nitrogens is 3. The van der Waals surface area contributed by atoms with E-state index in [1.54, 1.807) is 19.1 Å². The number of nitrogens with zero attached hydrogens (tertiary/aromatic N) is 3. The van der Waals surface area contributed by atoms with Crippen LogP contribution < -0.4 is 0 Å². The second-order valence-electron chi connectivity index (χ2n) is 6.38. The molecule has 1 atom stereocenters. The Labute approximate surface area is 132 Å². The van der Waals surface area contributed by atoms with Gasteiger partial charge in [-0.25, -0.2) is 0 Å². The van der Waals surface area contributed by atoms with E-state index < -0.39 is 11.6 Å². The molecule has 1 fully saturated rings. The zero-order valence-electron chi connectivity index (χ0n) is 13.2. The van der Waals surface area contributed by atoms with Crippen molar-refractivity contribution in [3.63, 3.8) is 0 Å². The van der Waals surface area contributed by atoms with E-state index in [-0.39, 0.29) is 30.4 Å². The molecule has 0 bridgehead atoms. The van der Waals surface area contributed by atoms with Crippen LogP contribution in [0.3, 0.4) is 0 Å². The van der Waals surface area contributed by atoms with Gasteiger partial charge in [-0.3, -0.25) is 4.98 Å². The molecule has 1 saturated carbocycles. The second kappa shape index (κ2) is 5.32. The maximum atomic E-state index is 13.2. The Bertz CT molecular complexity index is 705. The van der Waals surface area contributed by atoms with Crippen LogP contribution in [-0.4, -0.2) is 21.4 Å². The summed E-state index contributed by atoms with van der Waals surface area (Å²) in [5, 5.41) is 7.95. The van der Waals surface area contributed by atoms with Gasteiger partial charge in [-0.15, -0.1) is 10.2 Å². The highest BCUT2D eigenvalue weighted by atomic mass is 19.4. The second-order valence-corrected chi connectivity index (χ2v) is 6.38. The summed E-state index contributed by atoms with van der Waals surface area (Å²) in [6, 6.07) is 4.75. The Morgan fingerprint density at radius 2 is 1.74 bits per heavy atom. The van der Waals surface area contributed by atoms with Crippen LogP contribution in [0.2, 0.25) is 0 Å². The first kappa shape index (κ1) is 16.0. The first-order valence-corrected chi connectivity index (χ1v) is 7.62. The zero-order chi connectivity index (χ0) is 16.8. The molecule has 0 radical (unpaired) electrons. The Kier molecular flexibility index (Phi) is 3.69.